The number of esters is 1. The van der Waals surface area contributed by atoms with Gasteiger partial charge in [0.15, 0.2) is 0 Å². The van der Waals surface area contributed by atoms with Crippen molar-refractivity contribution in [3.8, 4) is 11.5 Å². The lowest BCUT2D eigenvalue weighted by Gasteiger charge is -2.11. The maximum absolute atomic E-state index is 11.4. The Kier molecular flexibility index (Phi) is 7.32. The van der Waals surface area contributed by atoms with Gasteiger partial charge < -0.3 is 19.5 Å². The van der Waals surface area contributed by atoms with E-state index in [-0.39, 0.29) is 5.97 Å². The molecule has 5 nitrogen and oxygen atoms in total. The Balaban J connectivity index is 2.60. The summed E-state index contributed by atoms with van der Waals surface area (Å²) in [5.74, 6) is 1.25. The average Bonchev–Trinajstić information content (AvgIpc) is 2.54. The molecule has 0 fully saturated rings. The summed E-state index contributed by atoms with van der Waals surface area (Å²) in [6.45, 7) is 3.16. The Morgan fingerprint density at radius 3 is 2.57 bits per heavy atom. The molecule has 0 saturated heterocycles. The third-order valence-electron chi connectivity index (χ3n) is 3.13. The van der Waals surface area contributed by atoms with Crippen molar-refractivity contribution in [2.75, 3.05) is 27.9 Å². The summed E-state index contributed by atoms with van der Waals surface area (Å²) in [6.07, 6.45) is 2.50. The molecule has 0 aliphatic heterocycles. The zero-order chi connectivity index (χ0) is 15.7. The van der Waals surface area contributed by atoms with Gasteiger partial charge in [-0.2, -0.15) is 0 Å². The van der Waals surface area contributed by atoms with E-state index >= 15 is 0 Å². The first-order valence-electron chi connectivity index (χ1n) is 6.85. The van der Waals surface area contributed by atoms with Crippen LogP contribution in [0.5, 0.6) is 11.5 Å². The van der Waals surface area contributed by atoms with Crippen LogP contribution in [0.25, 0.3) is 0 Å². The third-order valence-corrected chi connectivity index (χ3v) is 3.13. The number of ether oxygens (including phenoxy) is 3. The van der Waals surface area contributed by atoms with Gasteiger partial charge in [0.2, 0.25) is 0 Å². The molecule has 0 atom stereocenters. The van der Waals surface area contributed by atoms with Crippen LogP contribution in [-0.2, 0) is 16.1 Å². The number of hydrogen-bond donors (Lipinski definition) is 1. The van der Waals surface area contributed by atoms with Crippen molar-refractivity contribution < 1.29 is 19.0 Å². The van der Waals surface area contributed by atoms with Crippen molar-refractivity contribution >= 4 is 5.97 Å². The Hall–Kier alpha value is -2.01. The number of carbonyl (C=O) groups excluding carboxylic acids is 1. The number of methoxy groups -OCH3 is 3. The number of benzene rings is 1. The number of hydrogen-bond acceptors (Lipinski definition) is 5. The van der Waals surface area contributed by atoms with Crippen molar-refractivity contribution in [3.05, 3.63) is 35.4 Å². The highest BCUT2D eigenvalue weighted by atomic mass is 16.5. The van der Waals surface area contributed by atoms with Crippen LogP contribution in [0.15, 0.2) is 29.8 Å². The van der Waals surface area contributed by atoms with Crippen LogP contribution in [0.4, 0.5) is 0 Å². The fraction of sp³-hybridized carbons (Fsp3) is 0.438. The van der Waals surface area contributed by atoms with Gasteiger partial charge in [0.1, 0.15) is 11.5 Å². The van der Waals surface area contributed by atoms with E-state index in [1.807, 2.05) is 31.2 Å². The molecule has 5 heteroatoms. The van der Waals surface area contributed by atoms with Crippen molar-refractivity contribution in [1.29, 1.82) is 0 Å². The lowest BCUT2D eigenvalue weighted by atomic mass is 10.1. The number of carbonyl (C=O) groups is 1. The molecule has 0 radical (unpaired) electrons. The zero-order valence-corrected chi connectivity index (χ0v) is 13.1. The molecule has 21 heavy (non-hydrogen) atoms. The minimum absolute atomic E-state index is 0.277. The second-order valence-corrected chi connectivity index (χ2v) is 4.38. The van der Waals surface area contributed by atoms with E-state index < -0.39 is 0 Å². The number of nitrogens with one attached hydrogen (secondary N) is 1. The van der Waals surface area contributed by atoms with Crippen LogP contribution < -0.4 is 14.8 Å². The predicted octanol–water partition coefficient (Wildman–Crippen LogP) is 2.30. The molecule has 116 valence electrons. The highest BCUT2D eigenvalue weighted by Gasteiger charge is 2.07. The van der Waals surface area contributed by atoms with Gasteiger partial charge in [-0.25, -0.2) is 4.79 Å². The minimum atomic E-state index is -0.277. The monoisotopic (exact) mass is 293 g/mol. The highest BCUT2D eigenvalue weighted by molar-refractivity contribution is 5.88. The number of rotatable bonds is 8. The van der Waals surface area contributed by atoms with Gasteiger partial charge in [0, 0.05) is 30.3 Å². The maximum atomic E-state index is 11.4. The molecule has 1 aromatic carbocycles. The fourth-order valence-corrected chi connectivity index (χ4v) is 1.90. The first-order chi connectivity index (χ1) is 10.2. The molecule has 0 aliphatic carbocycles. The van der Waals surface area contributed by atoms with Crippen molar-refractivity contribution in [3.63, 3.8) is 0 Å². The Bertz CT molecular complexity index is 497. The van der Waals surface area contributed by atoms with Gasteiger partial charge >= 0.3 is 5.97 Å². The third kappa shape index (κ3) is 5.11. The Morgan fingerprint density at radius 1 is 1.24 bits per heavy atom. The van der Waals surface area contributed by atoms with E-state index in [0.717, 1.165) is 17.1 Å². The second-order valence-electron chi connectivity index (χ2n) is 4.38. The normalized spacial score (nSPS) is 11.1. The van der Waals surface area contributed by atoms with E-state index in [1.165, 1.54) is 7.11 Å². The van der Waals surface area contributed by atoms with Crippen LogP contribution in [-0.4, -0.2) is 33.8 Å². The quantitative estimate of drug-likeness (QED) is 0.453. The standard InChI is InChI=1S/C16H23NO4/c1-5-12(16(18)21-4)8-9-17-11-13-6-7-14(19-2)10-15(13)20-3/h6-8,10,17H,5,9,11H2,1-4H3/b12-8-. The maximum Gasteiger partial charge on any atom is 0.333 e. The summed E-state index contributed by atoms with van der Waals surface area (Å²) >= 11 is 0. The minimum Gasteiger partial charge on any atom is -0.497 e. The van der Waals surface area contributed by atoms with Gasteiger partial charge in [-0.15, -0.1) is 0 Å². The summed E-state index contributed by atoms with van der Waals surface area (Å²) in [4.78, 5) is 11.4. The van der Waals surface area contributed by atoms with E-state index in [0.29, 0.717) is 25.1 Å². The summed E-state index contributed by atoms with van der Waals surface area (Å²) in [5, 5.41) is 3.25. The Labute approximate surface area is 125 Å². The van der Waals surface area contributed by atoms with Crippen LogP contribution in [0.2, 0.25) is 0 Å². The fourth-order valence-electron chi connectivity index (χ4n) is 1.90. The van der Waals surface area contributed by atoms with Gasteiger partial charge in [-0.3, -0.25) is 0 Å². The van der Waals surface area contributed by atoms with E-state index in [4.69, 9.17) is 14.2 Å². The molecule has 0 bridgehead atoms. The molecule has 1 aromatic rings. The molecule has 0 heterocycles. The van der Waals surface area contributed by atoms with Crippen LogP contribution in [0.3, 0.4) is 0 Å². The summed E-state index contributed by atoms with van der Waals surface area (Å²) in [5.41, 5.74) is 1.70. The van der Waals surface area contributed by atoms with Crippen molar-refractivity contribution in [2.24, 2.45) is 0 Å². The van der Waals surface area contributed by atoms with Crippen LogP contribution in [0.1, 0.15) is 18.9 Å². The predicted molar refractivity (Wildman–Crippen MR) is 81.6 cm³/mol. The van der Waals surface area contributed by atoms with Crippen LogP contribution in [0, 0.1) is 0 Å². The molecule has 0 spiro atoms. The molecule has 1 rings (SSSR count). The molecule has 0 amide bonds. The molecule has 0 saturated carbocycles. The molecular formula is C16H23NO4. The lowest BCUT2D eigenvalue weighted by Crippen LogP contribution is -2.15. The van der Waals surface area contributed by atoms with E-state index in [9.17, 15) is 4.79 Å². The molecule has 1 N–H and O–H groups in total. The van der Waals surface area contributed by atoms with Crippen LogP contribution >= 0.6 is 0 Å². The average molecular weight is 293 g/mol. The molecule has 0 aromatic heterocycles. The Morgan fingerprint density at radius 2 is 2.00 bits per heavy atom. The SMILES string of the molecule is CC/C(=C/CNCc1ccc(OC)cc1OC)C(=O)OC. The van der Waals surface area contributed by atoms with Crippen molar-refractivity contribution in [1.82, 2.24) is 5.32 Å². The van der Waals surface area contributed by atoms with E-state index in [1.54, 1.807) is 14.2 Å². The summed E-state index contributed by atoms with van der Waals surface area (Å²) < 4.78 is 15.2. The molecular weight excluding hydrogens is 270 g/mol. The van der Waals surface area contributed by atoms with E-state index in [2.05, 4.69) is 5.32 Å². The zero-order valence-electron chi connectivity index (χ0n) is 13.1. The molecule has 0 unspecified atom stereocenters. The smallest absolute Gasteiger partial charge is 0.333 e. The van der Waals surface area contributed by atoms with Gasteiger partial charge in [0.25, 0.3) is 0 Å². The summed E-state index contributed by atoms with van der Waals surface area (Å²) in [6, 6.07) is 5.69. The highest BCUT2D eigenvalue weighted by Crippen LogP contribution is 2.24. The second kappa shape index (κ2) is 9.02. The topological polar surface area (TPSA) is 56.8 Å². The lowest BCUT2D eigenvalue weighted by molar-refractivity contribution is -0.136. The van der Waals surface area contributed by atoms with Gasteiger partial charge in [-0.05, 0) is 12.5 Å². The largest absolute Gasteiger partial charge is 0.497 e. The van der Waals surface area contributed by atoms with Gasteiger partial charge in [-0.1, -0.05) is 19.1 Å². The van der Waals surface area contributed by atoms with Gasteiger partial charge in [0.05, 0.1) is 21.3 Å². The summed E-state index contributed by atoms with van der Waals surface area (Å²) in [7, 11) is 4.64. The first kappa shape index (κ1) is 17.0. The first-order valence-corrected chi connectivity index (χ1v) is 6.85. The van der Waals surface area contributed by atoms with Crippen molar-refractivity contribution in [2.45, 2.75) is 19.9 Å². The molecule has 0 aliphatic rings.